The Morgan fingerprint density at radius 1 is 1.18 bits per heavy atom. The molecule has 4 rings (SSSR count). The summed E-state index contributed by atoms with van der Waals surface area (Å²) in [5.41, 5.74) is 4.65. The van der Waals surface area contributed by atoms with E-state index in [0.29, 0.717) is 31.3 Å². The fourth-order valence-corrected chi connectivity index (χ4v) is 4.47. The summed E-state index contributed by atoms with van der Waals surface area (Å²) in [5, 5.41) is 20.4. The molecule has 10 heteroatoms. The fourth-order valence-electron chi connectivity index (χ4n) is 4.47. The summed E-state index contributed by atoms with van der Waals surface area (Å²) in [5.74, 6) is 0.262. The Morgan fingerprint density at radius 3 is 2.68 bits per heavy atom. The van der Waals surface area contributed by atoms with Crippen molar-refractivity contribution in [1.29, 1.82) is 0 Å². The van der Waals surface area contributed by atoms with E-state index in [4.69, 9.17) is 4.74 Å². The Hall–Kier alpha value is -3.43. The first-order valence-electron chi connectivity index (χ1n) is 10.8. The predicted octanol–water partition coefficient (Wildman–Crippen LogP) is 0.438. The molecule has 2 aromatic carbocycles. The van der Waals surface area contributed by atoms with Crippen molar-refractivity contribution in [3.05, 3.63) is 52.7 Å². The van der Waals surface area contributed by atoms with Gasteiger partial charge in [-0.3, -0.25) is 0 Å². The molecule has 0 unspecified atom stereocenters. The van der Waals surface area contributed by atoms with Gasteiger partial charge >= 0.3 is 6.03 Å². The number of nitrogens with one attached hydrogen (secondary N) is 1. The number of carbonyl (C=O) groups is 1. The number of phenols is 1. The van der Waals surface area contributed by atoms with Crippen molar-refractivity contribution in [3.8, 4) is 5.75 Å². The molecule has 9 nitrogen and oxygen atoms in total. The lowest BCUT2D eigenvalue weighted by Gasteiger charge is -2.10. The zero-order valence-corrected chi connectivity index (χ0v) is 20.4. The first-order valence-corrected chi connectivity index (χ1v) is 10.8. The monoisotopic (exact) mass is 485 g/mol. The number of hydrogen-bond acceptors (Lipinski definition) is 5. The SMILES string of the molecule is Cc1c2c[n+](CCOCCNC(=O)N(C)N=O)ccc2c(C)c2c1c1cc(O)ccc1n2C.[Cl-]. The van der Waals surface area contributed by atoms with Gasteiger partial charge in [0, 0.05) is 48.4 Å². The number of ether oxygens (including phenoxy) is 1. The zero-order valence-electron chi connectivity index (χ0n) is 19.6. The molecular formula is C24H28ClN5O4. The van der Waals surface area contributed by atoms with Crippen LogP contribution in [0.1, 0.15) is 11.1 Å². The van der Waals surface area contributed by atoms with Crippen molar-refractivity contribution >= 4 is 38.6 Å². The molecule has 34 heavy (non-hydrogen) atoms. The summed E-state index contributed by atoms with van der Waals surface area (Å²) in [7, 11) is 3.36. The summed E-state index contributed by atoms with van der Waals surface area (Å²) in [6.07, 6.45) is 4.18. The number of halogens is 1. The van der Waals surface area contributed by atoms with Gasteiger partial charge in [0.2, 0.25) is 0 Å². The number of phenolic OH excluding ortho intramolecular Hbond substituents is 1. The number of aromatic hydroxyl groups is 1. The Labute approximate surface area is 203 Å². The van der Waals surface area contributed by atoms with Crippen LogP contribution in [0, 0.1) is 18.8 Å². The molecule has 180 valence electrons. The molecular weight excluding hydrogens is 458 g/mol. The van der Waals surface area contributed by atoms with Crippen LogP contribution in [0.5, 0.6) is 5.75 Å². The maximum absolute atomic E-state index is 11.5. The third-order valence-electron chi connectivity index (χ3n) is 6.17. The normalized spacial score (nSPS) is 11.1. The largest absolute Gasteiger partial charge is 1.00 e. The van der Waals surface area contributed by atoms with E-state index in [1.165, 1.54) is 29.1 Å². The lowest BCUT2D eigenvalue weighted by atomic mass is 9.97. The van der Waals surface area contributed by atoms with E-state index in [-0.39, 0.29) is 18.2 Å². The third kappa shape index (κ3) is 4.49. The summed E-state index contributed by atoms with van der Waals surface area (Å²) in [4.78, 5) is 21.8. The van der Waals surface area contributed by atoms with Gasteiger partial charge in [0.25, 0.3) is 0 Å². The maximum Gasteiger partial charge on any atom is 0.340 e. The highest BCUT2D eigenvalue weighted by Gasteiger charge is 2.19. The molecule has 0 saturated heterocycles. The standard InChI is InChI=1S/C24H27N5O4.ClH/c1-15-20-14-29(10-12-33-11-8-25-24(31)28(4)26-32)9-7-18(20)16(2)23-22(15)19-13-17(30)5-6-21(19)27(23)3;/h5-7,9,13-14H,8,10-12H2,1-4H3,(H-,25,30,31);1H. The van der Waals surface area contributed by atoms with Crippen molar-refractivity contribution in [2.24, 2.45) is 12.3 Å². The van der Waals surface area contributed by atoms with E-state index in [1.54, 1.807) is 6.07 Å². The average molecular weight is 486 g/mol. The van der Waals surface area contributed by atoms with E-state index in [9.17, 15) is 14.8 Å². The fraction of sp³-hybridized carbons (Fsp3) is 0.333. The van der Waals surface area contributed by atoms with E-state index < -0.39 is 6.03 Å². The number of benzene rings is 2. The van der Waals surface area contributed by atoms with Crippen molar-refractivity contribution in [2.45, 2.75) is 20.4 Å². The van der Waals surface area contributed by atoms with Gasteiger partial charge in [-0.05, 0) is 48.6 Å². The Kier molecular flexibility index (Phi) is 7.58. The van der Waals surface area contributed by atoms with Crippen LogP contribution in [0.4, 0.5) is 4.79 Å². The first-order chi connectivity index (χ1) is 15.8. The molecule has 0 saturated carbocycles. The van der Waals surface area contributed by atoms with Gasteiger partial charge in [-0.25, -0.2) is 9.36 Å². The minimum absolute atomic E-state index is 0. The second-order valence-corrected chi connectivity index (χ2v) is 8.19. The van der Waals surface area contributed by atoms with E-state index in [2.05, 4.69) is 52.9 Å². The van der Waals surface area contributed by atoms with E-state index in [1.807, 2.05) is 18.3 Å². The van der Waals surface area contributed by atoms with Gasteiger partial charge in [-0.1, -0.05) is 0 Å². The molecule has 0 radical (unpaired) electrons. The molecule has 0 spiro atoms. The van der Waals surface area contributed by atoms with Crippen LogP contribution in [0.25, 0.3) is 32.6 Å². The molecule has 0 aliphatic heterocycles. The maximum atomic E-state index is 11.5. The highest BCUT2D eigenvalue weighted by Crippen LogP contribution is 2.38. The lowest BCUT2D eigenvalue weighted by molar-refractivity contribution is -0.697. The summed E-state index contributed by atoms with van der Waals surface area (Å²) in [6.45, 7) is 6.04. The topological polar surface area (TPSA) is 100 Å². The molecule has 2 amide bonds. The van der Waals surface area contributed by atoms with Gasteiger partial charge < -0.3 is 32.1 Å². The number of pyridine rings is 1. The van der Waals surface area contributed by atoms with Crippen molar-refractivity contribution in [3.63, 3.8) is 0 Å². The molecule has 0 atom stereocenters. The van der Waals surface area contributed by atoms with Crippen LogP contribution >= 0.6 is 0 Å². The van der Waals surface area contributed by atoms with Crippen molar-refractivity contribution < 1.29 is 31.6 Å². The highest BCUT2D eigenvalue weighted by atomic mass is 35.5. The minimum atomic E-state index is -0.559. The predicted molar refractivity (Wildman–Crippen MR) is 127 cm³/mol. The van der Waals surface area contributed by atoms with Crippen LogP contribution in [-0.2, 0) is 18.3 Å². The van der Waals surface area contributed by atoms with Crippen LogP contribution in [-0.4, -0.2) is 47.5 Å². The second kappa shape index (κ2) is 10.2. The zero-order chi connectivity index (χ0) is 23.7. The number of amides is 2. The van der Waals surface area contributed by atoms with Gasteiger partial charge in [0.1, 0.15) is 12.4 Å². The van der Waals surface area contributed by atoms with Gasteiger partial charge in [-0.2, -0.15) is 5.01 Å². The smallest absolute Gasteiger partial charge is 0.340 e. The van der Waals surface area contributed by atoms with Crippen molar-refractivity contribution in [1.82, 2.24) is 14.9 Å². The third-order valence-corrected chi connectivity index (χ3v) is 6.17. The Balaban J connectivity index is 0.00000324. The molecule has 0 aliphatic carbocycles. The van der Waals surface area contributed by atoms with Gasteiger partial charge in [-0.15, -0.1) is 4.91 Å². The molecule has 0 bridgehead atoms. The van der Waals surface area contributed by atoms with Crippen LogP contribution < -0.4 is 22.3 Å². The summed E-state index contributed by atoms with van der Waals surface area (Å²) < 4.78 is 9.90. The quantitative estimate of drug-likeness (QED) is 0.172. The molecule has 4 aromatic rings. The number of hydrogen-bond donors (Lipinski definition) is 2. The van der Waals surface area contributed by atoms with E-state index in [0.717, 1.165) is 21.7 Å². The van der Waals surface area contributed by atoms with E-state index >= 15 is 0 Å². The number of nitrogens with zero attached hydrogens (tertiary/aromatic N) is 4. The number of rotatable bonds is 7. The second-order valence-electron chi connectivity index (χ2n) is 8.19. The average Bonchev–Trinajstić information content (AvgIpc) is 3.10. The molecule has 2 heterocycles. The van der Waals surface area contributed by atoms with Gasteiger partial charge in [0.05, 0.1) is 17.4 Å². The summed E-state index contributed by atoms with van der Waals surface area (Å²) in [6, 6.07) is 7.10. The van der Waals surface area contributed by atoms with Crippen LogP contribution in [0.3, 0.4) is 0 Å². The van der Waals surface area contributed by atoms with Crippen LogP contribution in [0.2, 0.25) is 0 Å². The number of urea groups is 1. The number of carbonyl (C=O) groups excluding carboxylic acids is 1. The Bertz CT molecular complexity index is 1390. The number of aromatic nitrogens is 2. The number of aryl methyl sites for hydroxylation is 3. The van der Waals surface area contributed by atoms with Gasteiger partial charge in [0.15, 0.2) is 18.9 Å². The highest BCUT2D eigenvalue weighted by molar-refractivity contribution is 6.17. The molecule has 2 aromatic heterocycles. The van der Waals surface area contributed by atoms with Crippen LogP contribution in [0.15, 0.2) is 41.9 Å². The molecule has 0 fully saturated rings. The number of fused-ring (bicyclic) bond motifs is 4. The number of nitroso groups, excluding NO2 is 1. The van der Waals surface area contributed by atoms with Crippen molar-refractivity contribution in [2.75, 3.05) is 26.8 Å². The first kappa shape index (κ1) is 25.2. The molecule has 0 aliphatic rings. The molecule has 2 N–H and O–H groups in total. The lowest BCUT2D eigenvalue weighted by Crippen LogP contribution is -3.00. The minimum Gasteiger partial charge on any atom is -1.00 e. The Morgan fingerprint density at radius 2 is 1.94 bits per heavy atom. The summed E-state index contributed by atoms with van der Waals surface area (Å²) >= 11 is 0.